The number of carbonyl (C=O) groups is 1. The molecule has 0 aromatic carbocycles. The molecule has 12 nitrogen and oxygen atoms in total. The van der Waals surface area contributed by atoms with Gasteiger partial charge in [-0.05, 0) is 12.1 Å². The fourth-order valence-corrected chi connectivity index (χ4v) is 2.25. The molecule has 0 fully saturated rings. The van der Waals surface area contributed by atoms with E-state index in [9.17, 15) is 13.2 Å². The Bertz CT molecular complexity index is 874. The number of hydrogen-bond acceptors (Lipinski definition) is 9. The predicted octanol–water partition coefficient (Wildman–Crippen LogP) is -2.17. The molecule has 1 amide bonds. The van der Waals surface area contributed by atoms with Crippen molar-refractivity contribution in [1.82, 2.24) is 30.1 Å². The van der Waals surface area contributed by atoms with Crippen LogP contribution < -0.4 is 17.0 Å². The van der Waals surface area contributed by atoms with Gasteiger partial charge in [0.25, 0.3) is 5.91 Å². The van der Waals surface area contributed by atoms with E-state index < -0.39 is 15.7 Å². The van der Waals surface area contributed by atoms with Gasteiger partial charge in [-0.3, -0.25) is 15.1 Å². The van der Waals surface area contributed by atoms with Crippen LogP contribution in [0.25, 0.3) is 5.82 Å². The molecule has 2 heterocycles. The molecule has 128 valence electrons. The molecular weight excluding hydrogens is 338 g/mol. The van der Waals surface area contributed by atoms with Crippen molar-refractivity contribution in [3.8, 4) is 5.82 Å². The van der Waals surface area contributed by atoms with Gasteiger partial charge in [0.1, 0.15) is 12.7 Å². The number of nitrogens with zero attached hydrogens (tertiary/aromatic N) is 6. The SMILES string of the molecule is CN(N)/C(=N\N)NC(=O)c1ccc(S(C)(=O)=O)nc1-n1cncn1. The highest BCUT2D eigenvalue weighted by Crippen LogP contribution is 2.15. The number of hydrogen-bond donors (Lipinski definition) is 3. The van der Waals surface area contributed by atoms with E-state index in [1.54, 1.807) is 0 Å². The largest absolute Gasteiger partial charge is 0.320 e. The third-order valence-corrected chi connectivity index (χ3v) is 3.78. The first-order chi connectivity index (χ1) is 11.2. The second kappa shape index (κ2) is 6.59. The highest BCUT2D eigenvalue weighted by atomic mass is 32.2. The maximum atomic E-state index is 12.4. The highest BCUT2D eigenvalue weighted by Gasteiger charge is 2.20. The van der Waals surface area contributed by atoms with Gasteiger partial charge in [0.15, 0.2) is 20.7 Å². The Morgan fingerprint density at radius 3 is 2.62 bits per heavy atom. The van der Waals surface area contributed by atoms with Crippen LogP contribution in [0, 0.1) is 0 Å². The number of pyridine rings is 1. The molecule has 5 N–H and O–H groups in total. The van der Waals surface area contributed by atoms with Crippen molar-refractivity contribution in [2.75, 3.05) is 13.3 Å². The van der Waals surface area contributed by atoms with Gasteiger partial charge >= 0.3 is 0 Å². The lowest BCUT2D eigenvalue weighted by atomic mass is 10.2. The minimum absolute atomic E-state index is 0.0240. The van der Waals surface area contributed by atoms with Gasteiger partial charge in [-0.25, -0.2) is 28.9 Å². The monoisotopic (exact) mass is 353 g/mol. The van der Waals surface area contributed by atoms with E-state index >= 15 is 0 Å². The fraction of sp³-hybridized carbons (Fsp3) is 0.182. The Morgan fingerprint density at radius 2 is 2.12 bits per heavy atom. The molecule has 0 aliphatic carbocycles. The zero-order chi connectivity index (χ0) is 17.9. The summed E-state index contributed by atoms with van der Waals surface area (Å²) in [5, 5.41) is 10.4. The summed E-state index contributed by atoms with van der Waals surface area (Å²) in [6.45, 7) is 0. The first-order valence-electron chi connectivity index (χ1n) is 6.37. The van der Waals surface area contributed by atoms with Crippen molar-refractivity contribution in [2.45, 2.75) is 5.03 Å². The molecule has 0 aliphatic rings. The van der Waals surface area contributed by atoms with Crippen molar-refractivity contribution < 1.29 is 13.2 Å². The maximum absolute atomic E-state index is 12.4. The van der Waals surface area contributed by atoms with Crippen LogP contribution in [-0.4, -0.2) is 58.3 Å². The van der Waals surface area contributed by atoms with Crippen molar-refractivity contribution in [2.24, 2.45) is 16.8 Å². The Morgan fingerprint density at radius 1 is 1.42 bits per heavy atom. The number of hydrazine groups is 1. The molecule has 0 bridgehead atoms. The quantitative estimate of drug-likeness (QED) is 0.240. The van der Waals surface area contributed by atoms with E-state index in [0.29, 0.717) is 0 Å². The molecule has 0 radical (unpaired) electrons. The van der Waals surface area contributed by atoms with Gasteiger partial charge < -0.3 is 5.84 Å². The van der Waals surface area contributed by atoms with Crippen LogP contribution in [0.4, 0.5) is 0 Å². The van der Waals surface area contributed by atoms with Crippen LogP contribution >= 0.6 is 0 Å². The third-order valence-electron chi connectivity index (χ3n) is 2.79. The molecule has 0 aliphatic heterocycles. The van der Waals surface area contributed by atoms with Gasteiger partial charge in [-0.2, -0.15) is 5.10 Å². The maximum Gasteiger partial charge on any atom is 0.261 e. The number of guanidine groups is 1. The second-order valence-corrected chi connectivity index (χ2v) is 6.61. The Balaban J connectivity index is 2.52. The minimum Gasteiger partial charge on any atom is -0.320 e. The Kier molecular flexibility index (Phi) is 4.75. The van der Waals surface area contributed by atoms with Gasteiger partial charge in [-0.1, -0.05) is 0 Å². The van der Waals surface area contributed by atoms with Gasteiger partial charge in [-0.15, -0.1) is 5.10 Å². The van der Waals surface area contributed by atoms with Crippen molar-refractivity contribution in [3.05, 3.63) is 30.4 Å². The molecule has 0 saturated heterocycles. The fourth-order valence-electron chi connectivity index (χ4n) is 1.69. The minimum atomic E-state index is -3.58. The zero-order valence-electron chi connectivity index (χ0n) is 12.8. The van der Waals surface area contributed by atoms with Gasteiger partial charge in [0.05, 0.1) is 5.56 Å². The summed E-state index contributed by atoms with van der Waals surface area (Å²) in [6.07, 6.45) is 3.50. The van der Waals surface area contributed by atoms with E-state index in [2.05, 4.69) is 25.5 Å². The first kappa shape index (κ1) is 17.3. The molecule has 2 aromatic heterocycles. The Hall–Kier alpha value is -3.06. The summed E-state index contributed by atoms with van der Waals surface area (Å²) >= 11 is 0. The van der Waals surface area contributed by atoms with E-state index in [1.807, 2.05) is 0 Å². The number of aromatic nitrogens is 4. The van der Waals surface area contributed by atoms with Crippen molar-refractivity contribution in [3.63, 3.8) is 0 Å². The van der Waals surface area contributed by atoms with E-state index in [-0.39, 0.29) is 22.4 Å². The number of nitrogens with two attached hydrogens (primary N) is 2. The molecule has 24 heavy (non-hydrogen) atoms. The number of carbonyl (C=O) groups excluding carboxylic acids is 1. The van der Waals surface area contributed by atoms with Crippen LogP contribution in [0.5, 0.6) is 0 Å². The van der Waals surface area contributed by atoms with Crippen LogP contribution in [0.1, 0.15) is 10.4 Å². The van der Waals surface area contributed by atoms with Crippen LogP contribution in [-0.2, 0) is 9.84 Å². The predicted molar refractivity (Wildman–Crippen MR) is 83.3 cm³/mol. The van der Waals surface area contributed by atoms with E-state index in [4.69, 9.17) is 11.7 Å². The standard InChI is InChI=1S/C11H15N9O3S/c1-19(13)11(18-12)17-10(21)7-3-4-8(24(2,22)23)16-9(7)20-6-14-5-15-20/h3-6H,12-13H2,1-2H3,(H,17,18,21). The lowest BCUT2D eigenvalue weighted by Gasteiger charge is -2.15. The second-order valence-electron chi connectivity index (χ2n) is 4.65. The summed E-state index contributed by atoms with van der Waals surface area (Å²) in [5.74, 6) is 9.83. The number of nitrogens with one attached hydrogen (secondary N) is 1. The highest BCUT2D eigenvalue weighted by molar-refractivity contribution is 7.90. The number of sulfone groups is 1. The summed E-state index contributed by atoms with van der Waals surface area (Å²) < 4.78 is 24.5. The molecule has 0 atom stereocenters. The average Bonchev–Trinajstić information content (AvgIpc) is 3.04. The summed E-state index contributed by atoms with van der Waals surface area (Å²) in [6, 6.07) is 2.50. The topological polar surface area (TPSA) is 174 Å². The van der Waals surface area contributed by atoms with Crippen molar-refractivity contribution in [1.29, 1.82) is 0 Å². The molecule has 2 rings (SSSR count). The number of amides is 1. The third kappa shape index (κ3) is 3.64. The normalized spacial score (nSPS) is 12.0. The van der Waals surface area contributed by atoms with Gasteiger partial charge in [0, 0.05) is 13.3 Å². The average molecular weight is 353 g/mol. The lowest BCUT2D eigenvalue weighted by molar-refractivity contribution is 0.0972. The smallest absolute Gasteiger partial charge is 0.261 e. The molecule has 13 heteroatoms. The summed E-state index contributed by atoms with van der Waals surface area (Å²) in [5.41, 5.74) is 0.0240. The Labute approximate surface area is 137 Å². The molecule has 2 aromatic rings. The van der Waals surface area contributed by atoms with Crippen LogP contribution in [0.15, 0.2) is 34.9 Å². The van der Waals surface area contributed by atoms with Crippen molar-refractivity contribution >= 4 is 21.7 Å². The number of hydrazone groups is 1. The van der Waals surface area contributed by atoms with Crippen LogP contribution in [0.3, 0.4) is 0 Å². The molecular formula is C11H15N9O3S. The molecule has 0 unspecified atom stereocenters. The summed E-state index contributed by atoms with van der Waals surface area (Å²) in [4.78, 5) is 20.2. The molecule has 0 spiro atoms. The molecule has 0 saturated carbocycles. The van der Waals surface area contributed by atoms with Crippen LogP contribution in [0.2, 0.25) is 0 Å². The van der Waals surface area contributed by atoms with E-state index in [0.717, 1.165) is 15.9 Å². The lowest BCUT2D eigenvalue weighted by Crippen LogP contribution is -2.46. The van der Waals surface area contributed by atoms with Gasteiger partial charge in [0.2, 0.25) is 5.96 Å². The number of rotatable bonds is 3. The first-order valence-corrected chi connectivity index (χ1v) is 8.27. The summed E-state index contributed by atoms with van der Waals surface area (Å²) in [7, 11) is -2.15. The van der Waals surface area contributed by atoms with E-state index in [1.165, 1.54) is 31.8 Å². The zero-order valence-corrected chi connectivity index (χ0v) is 13.6.